The summed E-state index contributed by atoms with van der Waals surface area (Å²) >= 11 is 8.61. The predicted octanol–water partition coefficient (Wildman–Crippen LogP) is 5.52. The molecule has 3 heterocycles. The van der Waals surface area contributed by atoms with Crippen molar-refractivity contribution < 1.29 is 19.3 Å². The van der Waals surface area contributed by atoms with Crippen LogP contribution in [0.15, 0.2) is 50.5 Å². The minimum Gasteiger partial charge on any atom is -0.307 e. The average molecular weight is 583 g/mol. The van der Waals surface area contributed by atoms with Gasteiger partial charge in [0.1, 0.15) is 4.32 Å². The second-order valence-corrected chi connectivity index (χ2v) is 13.1. The molecule has 13 heteroatoms. The number of nitrogens with zero attached hydrogens (tertiary/aromatic N) is 3. The van der Waals surface area contributed by atoms with E-state index in [4.69, 9.17) is 12.2 Å². The van der Waals surface area contributed by atoms with Gasteiger partial charge in [-0.1, -0.05) is 54.6 Å². The van der Waals surface area contributed by atoms with Gasteiger partial charge in [-0.25, -0.2) is 4.98 Å². The monoisotopic (exact) mass is 582 g/mol. The number of hydrogen-bond acceptors (Lipinski definition) is 10. The molecule has 0 radical (unpaired) electrons. The Balaban J connectivity index is 1.27. The summed E-state index contributed by atoms with van der Waals surface area (Å²) in [4.78, 5) is 56.0. The Bertz CT molecular complexity index is 1580. The van der Waals surface area contributed by atoms with Crippen molar-refractivity contribution >= 4 is 96.8 Å². The number of rotatable bonds is 5. The number of fused-ring (bicyclic) bond motifs is 2. The number of anilines is 1. The lowest BCUT2D eigenvalue weighted by atomic mass is 9.81. The zero-order valence-corrected chi connectivity index (χ0v) is 22.8. The summed E-state index contributed by atoms with van der Waals surface area (Å²) in [7, 11) is 0. The first-order valence-electron chi connectivity index (χ1n) is 11.8. The molecule has 1 N–H and O–H groups in total. The van der Waals surface area contributed by atoms with Gasteiger partial charge < -0.3 is 5.32 Å². The molecule has 1 aliphatic carbocycles. The van der Waals surface area contributed by atoms with Crippen LogP contribution in [0.2, 0.25) is 0 Å². The minimum absolute atomic E-state index is 0.105. The van der Waals surface area contributed by atoms with Crippen LogP contribution in [0.3, 0.4) is 0 Å². The highest BCUT2D eigenvalue weighted by Gasteiger charge is 2.48. The zero-order chi connectivity index (χ0) is 26.6. The summed E-state index contributed by atoms with van der Waals surface area (Å²) in [6, 6.07) is 10.0. The fourth-order valence-electron chi connectivity index (χ4n) is 5.01. The average Bonchev–Trinajstić information content (AvgIpc) is 3.52. The van der Waals surface area contributed by atoms with E-state index in [1.54, 1.807) is 36.4 Å². The van der Waals surface area contributed by atoms with Crippen LogP contribution in [0, 0.1) is 22.0 Å². The predicted molar refractivity (Wildman–Crippen MR) is 151 cm³/mol. The van der Waals surface area contributed by atoms with E-state index in [0.29, 0.717) is 35.2 Å². The topological polar surface area (TPSA) is 123 Å². The summed E-state index contributed by atoms with van der Waals surface area (Å²) < 4.78 is 1.72. The first-order chi connectivity index (χ1) is 18.3. The van der Waals surface area contributed by atoms with Gasteiger partial charge in [0.05, 0.1) is 42.5 Å². The maximum Gasteiger partial charge on any atom is 0.283 e. The number of imide groups is 1. The van der Waals surface area contributed by atoms with Crippen molar-refractivity contribution in [1.82, 2.24) is 10.3 Å². The van der Waals surface area contributed by atoms with Crippen LogP contribution < -0.4 is 10.2 Å². The number of nitro groups is 1. The minimum atomic E-state index is -0.466. The number of aromatic nitrogens is 1. The molecule has 3 amide bonds. The second-order valence-electron chi connectivity index (χ2n) is 9.08. The number of thiocarbonyl (C=S) groups is 1. The van der Waals surface area contributed by atoms with Gasteiger partial charge in [-0.15, -0.1) is 11.3 Å². The first-order valence-corrected chi connectivity index (χ1v) is 14.6. The maximum atomic E-state index is 13.0. The summed E-state index contributed by atoms with van der Waals surface area (Å²) in [5.41, 5.74) is 1.63. The molecule has 3 fully saturated rings. The number of benzene rings is 2. The van der Waals surface area contributed by atoms with Gasteiger partial charge in [0.25, 0.3) is 11.6 Å². The maximum absolute atomic E-state index is 13.0. The zero-order valence-electron chi connectivity index (χ0n) is 19.5. The van der Waals surface area contributed by atoms with E-state index in [0.717, 1.165) is 42.1 Å². The standard InChI is InChI=1S/C25H18N4O5S4/c30-21-20(36-24(35)27-21)10-12-5-8-18(17(9-12)29(33)34)37-25-26-16-7-6-13(11-19(16)38-25)28-22(31)14-3-1-2-4-15(14)23(28)32/h5-11,14-15H,1-4H2,(H,27,30,35)/b20-10-/t14-,15-/m1/s1. The summed E-state index contributed by atoms with van der Waals surface area (Å²) in [5.74, 6) is -1.03. The lowest BCUT2D eigenvalue weighted by Crippen LogP contribution is -2.30. The molecule has 2 aliphatic heterocycles. The Morgan fingerprint density at radius 2 is 1.84 bits per heavy atom. The van der Waals surface area contributed by atoms with Gasteiger partial charge in [-0.2, -0.15) is 0 Å². The molecule has 192 valence electrons. The fraction of sp³-hybridized carbons (Fsp3) is 0.240. The van der Waals surface area contributed by atoms with Gasteiger partial charge >= 0.3 is 0 Å². The van der Waals surface area contributed by atoms with Crippen molar-refractivity contribution in [2.45, 2.75) is 34.9 Å². The summed E-state index contributed by atoms with van der Waals surface area (Å²) in [6.07, 6.45) is 5.01. The molecular formula is C25H18N4O5S4. The van der Waals surface area contributed by atoms with Crippen LogP contribution in [0.25, 0.3) is 16.3 Å². The van der Waals surface area contributed by atoms with Crippen molar-refractivity contribution in [2.75, 3.05) is 4.90 Å². The number of thioether (sulfide) groups is 1. The summed E-state index contributed by atoms with van der Waals surface area (Å²) in [6.45, 7) is 0. The Labute approximate surface area is 234 Å². The number of nitro benzene ring substituents is 1. The van der Waals surface area contributed by atoms with Crippen LogP contribution >= 0.6 is 47.1 Å². The number of carbonyl (C=O) groups is 3. The Kier molecular flexibility index (Phi) is 6.54. The molecular weight excluding hydrogens is 565 g/mol. The highest BCUT2D eigenvalue weighted by molar-refractivity contribution is 8.26. The van der Waals surface area contributed by atoms with Gasteiger partial charge in [-0.3, -0.25) is 29.4 Å². The molecule has 3 aliphatic rings. The van der Waals surface area contributed by atoms with Crippen molar-refractivity contribution in [3.05, 3.63) is 57.0 Å². The third-order valence-electron chi connectivity index (χ3n) is 6.77. The van der Waals surface area contributed by atoms with Crippen molar-refractivity contribution in [2.24, 2.45) is 11.8 Å². The van der Waals surface area contributed by atoms with Crippen LogP contribution in [0.1, 0.15) is 31.2 Å². The number of hydrogen-bond donors (Lipinski definition) is 1. The highest BCUT2D eigenvalue weighted by atomic mass is 32.2. The number of carbonyl (C=O) groups excluding carboxylic acids is 3. The van der Waals surface area contributed by atoms with E-state index in [2.05, 4.69) is 10.3 Å². The van der Waals surface area contributed by atoms with Crippen molar-refractivity contribution in [3.8, 4) is 0 Å². The van der Waals surface area contributed by atoms with Crippen LogP contribution in [-0.4, -0.2) is 31.9 Å². The third kappa shape index (κ3) is 4.53. The Morgan fingerprint density at radius 3 is 2.50 bits per heavy atom. The van der Waals surface area contributed by atoms with Crippen LogP contribution in [0.5, 0.6) is 0 Å². The summed E-state index contributed by atoms with van der Waals surface area (Å²) in [5, 5.41) is 14.4. The Morgan fingerprint density at radius 1 is 1.11 bits per heavy atom. The molecule has 6 rings (SSSR count). The molecule has 2 saturated heterocycles. The molecule has 3 aromatic rings. The molecule has 0 bridgehead atoms. The second kappa shape index (κ2) is 9.88. The largest absolute Gasteiger partial charge is 0.307 e. The molecule has 1 saturated carbocycles. The number of thiazole rings is 1. The van der Waals surface area contributed by atoms with Gasteiger partial charge in [0, 0.05) is 6.07 Å². The molecule has 38 heavy (non-hydrogen) atoms. The Hall–Kier alpha value is -3.13. The first kappa shape index (κ1) is 25.2. The van der Waals surface area contributed by atoms with E-state index in [1.807, 2.05) is 0 Å². The molecule has 2 atom stereocenters. The molecule has 9 nitrogen and oxygen atoms in total. The van der Waals surface area contributed by atoms with Gasteiger partial charge in [0.2, 0.25) is 11.8 Å². The van der Waals surface area contributed by atoms with Crippen molar-refractivity contribution in [1.29, 1.82) is 0 Å². The smallest absolute Gasteiger partial charge is 0.283 e. The number of amides is 3. The molecule has 2 aromatic carbocycles. The quantitative estimate of drug-likeness (QED) is 0.136. The van der Waals surface area contributed by atoms with E-state index in [-0.39, 0.29) is 35.2 Å². The van der Waals surface area contributed by atoms with E-state index >= 15 is 0 Å². The van der Waals surface area contributed by atoms with E-state index in [9.17, 15) is 24.5 Å². The lowest BCUT2D eigenvalue weighted by molar-refractivity contribution is -0.387. The molecule has 0 unspecified atom stereocenters. The van der Waals surface area contributed by atoms with Crippen LogP contribution in [0.4, 0.5) is 11.4 Å². The van der Waals surface area contributed by atoms with E-state index < -0.39 is 4.92 Å². The van der Waals surface area contributed by atoms with Gasteiger partial charge in [0.15, 0.2) is 4.34 Å². The normalized spacial score (nSPS) is 22.4. The molecule has 0 spiro atoms. The SMILES string of the molecule is O=C1NC(=S)S/C1=C\c1ccc(Sc2nc3ccc(N4C(=O)[C@@H]5CCCC[C@H]5C4=O)cc3s2)c([N+](=O)[O-])c1. The number of nitrogens with one attached hydrogen (secondary N) is 1. The van der Waals surface area contributed by atoms with Crippen LogP contribution in [-0.2, 0) is 14.4 Å². The van der Waals surface area contributed by atoms with E-state index in [1.165, 1.54) is 34.1 Å². The molecule has 1 aromatic heterocycles. The van der Waals surface area contributed by atoms with Gasteiger partial charge in [-0.05, 0) is 48.7 Å². The third-order valence-corrected chi connectivity index (χ3v) is 10.1. The fourth-order valence-corrected chi connectivity index (χ4v) is 8.20. The van der Waals surface area contributed by atoms with Crippen molar-refractivity contribution in [3.63, 3.8) is 0 Å². The lowest BCUT2D eigenvalue weighted by Gasteiger charge is -2.19. The highest BCUT2D eigenvalue weighted by Crippen LogP contribution is 2.43.